The normalized spacial score (nSPS) is 11.0. The average molecular weight is 945 g/mol. The van der Waals surface area contributed by atoms with Crippen LogP contribution in [0.4, 0.5) is 0 Å². The average Bonchev–Trinajstić information content (AvgIpc) is 3.34. The summed E-state index contributed by atoms with van der Waals surface area (Å²) in [5.41, 5.74) is 5.35. The first-order chi connectivity index (χ1) is 32.1. The van der Waals surface area contributed by atoms with Gasteiger partial charge in [-0.1, -0.05) is 181 Å². The molecule has 0 aromatic heterocycles. The van der Waals surface area contributed by atoms with Crippen molar-refractivity contribution < 1.29 is 22.9 Å². The number of benzene rings is 8. The van der Waals surface area contributed by atoms with E-state index in [1.807, 2.05) is 6.92 Å². The SMILES string of the molecule is CC(C)c1ccc([S+](c2ccc(C(C)C)cc2)c2ccc(C(C)C)cc2)cc1.Cc1ccc(S(=O)(=O)[O-])cc1.O=C([O-])c1ccccc1.c1ccc([S+](c2ccccc2)c2ccccc2)cc1. The number of carboxylic acid groups (broad SMARTS) is 1. The summed E-state index contributed by atoms with van der Waals surface area (Å²) in [4.78, 5) is 18.2. The second-order valence-electron chi connectivity index (χ2n) is 16.6. The molecule has 8 aromatic rings. The van der Waals surface area contributed by atoms with Gasteiger partial charge in [0.05, 0.1) is 32.7 Å². The first kappa shape index (κ1) is 51.8. The zero-order chi connectivity index (χ0) is 48.3. The van der Waals surface area contributed by atoms with E-state index in [1.165, 1.54) is 70.3 Å². The molecule has 0 atom stereocenters. The summed E-state index contributed by atoms with van der Waals surface area (Å²) < 4.78 is 31.2. The molecular weight excluding hydrogens is 885 g/mol. The van der Waals surface area contributed by atoms with Gasteiger partial charge in [-0.25, -0.2) is 8.42 Å². The van der Waals surface area contributed by atoms with Crippen LogP contribution in [0.15, 0.2) is 253 Å². The summed E-state index contributed by atoms with van der Waals surface area (Å²) in [6.45, 7) is 15.3. The number of carbonyl (C=O) groups is 1. The molecule has 0 N–H and O–H groups in total. The summed E-state index contributed by atoms with van der Waals surface area (Å²) in [7, 11) is -4.36. The Hall–Kier alpha value is -6.16. The van der Waals surface area contributed by atoms with E-state index in [9.17, 15) is 22.9 Å². The molecule has 67 heavy (non-hydrogen) atoms. The molecule has 0 heterocycles. The van der Waals surface area contributed by atoms with E-state index in [4.69, 9.17) is 0 Å². The fourth-order valence-electron chi connectivity index (χ4n) is 6.73. The monoisotopic (exact) mass is 944 g/mol. The van der Waals surface area contributed by atoms with Crippen LogP contribution < -0.4 is 5.11 Å². The molecule has 0 aliphatic carbocycles. The number of aryl methyl sites for hydroxylation is 1. The number of carboxylic acids is 1. The summed E-state index contributed by atoms with van der Waals surface area (Å²) in [6.07, 6.45) is 0. The van der Waals surface area contributed by atoms with Crippen molar-refractivity contribution in [3.8, 4) is 0 Å². The lowest BCUT2D eigenvalue weighted by molar-refractivity contribution is -0.255. The van der Waals surface area contributed by atoms with Gasteiger partial charge in [0.15, 0.2) is 29.4 Å². The van der Waals surface area contributed by atoms with Gasteiger partial charge in [0.1, 0.15) is 10.1 Å². The number of rotatable bonds is 11. The quantitative estimate of drug-likeness (QED) is 0.0950. The van der Waals surface area contributed by atoms with E-state index in [2.05, 4.69) is 205 Å². The van der Waals surface area contributed by atoms with E-state index in [-0.39, 0.29) is 32.2 Å². The van der Waals surface area contributed by atoms with Gasteiger partial charge in [-0.3, -0.25) is 0 Å². The van der Waals surface area contributed by atoms with Gasteiger partial charge in [0.25, 0.3) is 0 Å². The lowest BCUT2D eigenvalue weighted by Gasteiger charge is -2.12. The van der Waals surface area contributed by atoms with Crippen molar-refractivity contribution in [1.82, 2.24) is 0 Å². The smallest absolute Gasteiger partial charge is 0.166 e. The zero-order valence-corrected chi connectivity index (χ0v) is 41.7. The Bertz CT molecular complexity index is 2560. The molecule has 0 unspecified atom stereocenters. The Morgan fingerprint density at radius 3 is 0.866 bits per heavy atom. The van der Waals surface area contributed by atoms with Crippen LogP contribution in [-0.4, -0.2) is 18.9 Å². The van der Waals surface area contributed by atoms with Crippen molar-refractivity contribution in [2.24, 2.45) is 0 Å². The van der Waals surface area contributed by atoms with E-state index < -0.39 is 16.1 Å². The Morgan fingerprint density at radius 1 is 0.388 bits per heavy atom. The van der Waals surface area contributed by atoms with Gasteiger partial charge in [-0.15, -0.1) is 0 Å². The summed E-state index contributed by atoms with van der Waals surface area (Å²) in [6, 6.07) is 73.7. The van der Waals surface area contributed by atoms with Crippen LogP contribution in [0, 0.1) is 6.92 Å². The van der Waals surface area contributed by atoms with Crippen molar-refractivity contribution in [2.75, 3.05) is 0 Å². The highest BCUT2D eigenvalue weighted by atomic mass is 32.2. The van der Waals surface area contributed by atoms with Gasteiger partial charge < -0.3 is 14.5 Å². The second-order valence-corrected chi connectivity index (χ2v) is 22.1. The molecule has 0 spiro atoms. The van der Waals surface area contributed by atoms with E-state index in [1.54, 1.807) is 30.3 Å². The van der Waals surface area contributed by atoms with Crippen LogP contribution in [0.1, 0.15) is 91.9 Å². The van der Waals surface area contributed by atoms with Gasteiger partial charge in [-0.05, 0) is 132 Å². The van der Waals surface area contributed by atoms with Crippen molar-refractivity contribution >= 4 is 37.9 Å². The second kappa shape index (κ2) is 25.7. The van der Waals surface area contributed by atoms with E-state index >= 15 is 0 Å². The third-order valence-electron chi connectivity index (χ3n) is 10.6. The molecule has 0 radical (unpaired) electrons. The Labute approximate surface area is 405 Å². The standard InChI is InChI=1S/C27H33S.C18H15S.C7H8O3S.C7H6O2/c1-19(2)22-7-13-25(14-8-22)28(26-15-9-23(10-16-26)20(3)4)27-17-11-24(12-18-27)21(5)6;1-4-10-16(11-5-1)19(17-12-6-2-7-13-17)18-14-8-3-9-15-18;1-6-2-4-7(5-3-6)11(8,9)10;8-7(9)6-4-2-1-3-5-6/h7-21H,1-6H3;1-15H;2-5H,1H3,(H,8,9,10);1-5H,(H,8,9)/q2*+1;;/p-2. The van der Waals surface area contributed by atoms with Crippen LogP contribution in [0.3, 0.4) is 0 Å². The predicted molar refractivity (Wildman–Crippen MR) is 275 cm³/mol. The van der Waals surface area contributed by atoms with Crippen molar-refractivity contribution in [2.45, 2.75) is 100 Å². The van der Waals surface area contributed by atoms with Crippen LogP contribution in [0.5, 0.6) is 0 Å². The Kier molecular flexibility index (Phi) is 19.9. The zero-order valence-electron chi connectivity index (χ0n) is 39.3. The third kappa shape index (κ3) is 16.0. The lowest BCUT2D eigenvalue weighted by Crippen LogP contribution is -2.21. The number of hydrogen-bond acceptors (Lipinski definition) is 5. The predicted octanol–water partition coefficient (Wildman–Crippen LogP) is 13.9. The number of aromatic carboxylic acids is 1. The minimum atomic E-state index is -4.27. The molecule has 5 nitrogen and oxygen atoms in total. The summed E-state index contributed by atoms with van der Waals surface area (Å²) >= 11 is 0. The minimum absolute atomic E-state index is 0.0146. The van der Waals surface area contributed by atoms with Crippen molar-refractivity contribution in [3.63, 3.8) is 0 Å². The van der Waals surface area contributed by atoms with Crippen LogP contribution in [-0.2, 0) is 31.9 Å². The molecule has 0 fully saturated rings. The first-order valence-corrected chi connectivity index (χ1v) is 26.2. The minimum Gasteiger partial charge on any atom is -0.744 e. The molecule has 0 bridgehead atoms. The van der Waals surface area contributed by atoms with Gasteiger partial charge in [-0.2, -0.15) is 0 Å². The summed E-state index contributed by atoms with van der Waals surface area (Å²) in [5, 5.41) is 10.1. The van der Waals surface area contributed by atoms with E-state index in [0.29, 0.717) is 17.8 Å². The molecule has 0 aliphatic rings. The maximum atomic E-state index is 10.4. The molecule has 344 valence electrons. The maximum Gasteiger partial charge on any atom is 0.166 e. The Morgan fingerprint density at radius 2 is 0.642 bits per heavy atom. The number of carbonyl (C=O) groups excluding carboxylic acids is 1. The first-order valence-electron chi connectivity index (χ1n) is 22.3. The highest BCUT2D eigenvalue weighted by Crippen LogP contribution is 2.34. The Balaban J connectivity index is 0.000000184. The maximum absolute atomic E-state index is 10.4. The largest absolute Gasteiger partial charge is 0.744 e. The van der Waals surface area contributed by atoms with Crippen molar-refractivity contribution in [1.29, 1.82) is 0 Å². The molecule has 0 saturated carbocycles. The van der Waals surface area contributed by atoms with Crippen LogP contribution in [0.25, 0.3) is 0 Å². The van der Waals surface area contributed by atoms with Gasteiger partial charge in [0.2, 0.25) is 0 Å². The molecule has 8 aromatic carbocycles. The van der Waals surface area contributed by atoms with Crippen LogP contribution >= 0.6 is 0 Å². The molecule has 0 amide bonds. The molecule has 8 rings (SSSR count). The number of hydrogen-bond donors (Lipinski definition) is 0. The fourth-order valence-corrected chi connectivity index (χ4v) is 11.3. The molecule has 0 aliphatic heterocycles. The molecule has 0 saturated heterocycles. The highest BCUT2D eigenvalue weighted by molar-refractivity contribution is 7.97. The van der Waals surface area contributed by atoms with E-state index in [0.717, 1.165) is 5.56 Å². The molecular formula is C59H60O5S3. The topological polar surface area (TPSA) is 97.3 Å². The molecule has 8 heteroatoms. The van der Waals surface area contributed by atoms with Gasteiger partial charge >= 0.3 is 0 Å². The summed E-state index contributed by atoms with van der Waals surface area (Å²) in [5.74, 6) is 0.556. The lowest BCUT2D eigenvalue weighted by atomic mass is 10.0. The fraction of sp³-hybridized carbons (Fsp3) is 0.169. The van der Waals surface area contributed by atoms with Gasteiger partial charge in [0, 0.05) is 0 Å². The van der Waals surface area contributed by atoms with Crippen LogP contribution in [0.2, 0.25) is 0 Å². The third-order valence-corrected chi connectivity index (χ3v) is 15.9. The highest BCUT2D eigenvalue weighted by Gasteiger charge is 2.29. The van der Waals surface area contributed by atoms with Crippen molar-refractivity contribution in [3.05, 3.63) is 246 Å².